The van der Waals surface area contributed by atoms with Gasteiger partial charge >= 0.3 is 0 Å². The number of piperazine rings is 1. The van der Waals surface area contributed by atoms with Crippen molar-refractivity contribution in [2.24, 2.45) is 5.73 Å². The lowest BCUT2D eigenvalue weighted by atomic mass is 10.1. The van der Waals surface area contributed by atoms with Crippen LogP contribution >= 0.6 is 0 Å². The molecule has 1 aromatic carbocycles. The quantitative estimate of drug-likeness (QED) is 0.898. The zero-order chi connectivity index (χ0) is 15.0. The van der Waals surface area contributed by atoms with E-state index in [2.05, 4.69) is 4.90 Å². The Morgan fingerprint density at radius 2 is 1.86 bits per heavy atom. The Kier molecular flexibility index (Phi) is 4.05. The van der Waals surface area contributed by atoms with Gasteiger partial charge in [-0.2, -0.15) is 4.31 Å². The van der Waals surface area contributed by atoms with Crippen molar-refractivity contribution in [1.29, 1.82) is 0 Å². The fourth-order valence-electron chi connectivity index (χ4n) is 2.93. The lowest BCUT2D eigenvalue weighted by Crippen LogP contribution is -2.49. The highest BCUT2D eigenvalue weighted by atomic mass is 32.2. The molecule has 0 atom stereocenters. The van der Waals surface area contributed by atoms with Crippen LogP contribution in [0.15, 0.2) is 23.1 Å². The molecule has 0 bridgehead atoms. The Labute approximate surface area is 126 Å². The molecule has 1 aromatic rings. The molecular formula is C15H23N3O2S. The van der Waals surface area contributed by atoms with Crippen molar-refractivity contribution in [1.82, 2.24) is 9.21 Å². The second kappa shape index (κ2) is 5.68. The van der Waals surface area contributed by atoms with E-state index < -0.39 is 10.0 Å². The largest absolute Gasteiger partial charge is 0.326 e. The standard InChI is InChI=1S/C15H23N3O2S/c1-12-2-5-15(10-13(12)11-16)21(19,20)18-8-6-17(7-9-18)14-3-4-14/h2,5,10,14H,3-4,6-9,11,16H2,1H3. The van der Waals surface area contributed by atoms with Gasteiger partial charge in [0.2, 0.25) is 10.0 Å². The number of sulfonamides is 1. The van der Waals surface area contributed by atoms with Gasteiger partial charge in [-0.3, -0.25) is 4.90 Å². The summed E-state index contributed by atoms with van der Waals surface area (Å²) in [5.74, 6) is 0. The molecule has 0 amide bonds. The summed E-state index contributed by atoms with van der Waals surface area (Å²) < 4.78 is 27.1. The van der Waals surface area contributed by atoms with E-state index in [1.807, 2.05) is 13.0 Å². The Morgan fingerprint density at radius 1 is 1.19 bits per heavy atom. The maximum absolute atomic E-state index is 12.7. The van der Waals surface area contributed by atoms with Crippen molar-refractivity contribution < 1.29 is 8.42 Å². The average Bonchev–Trinajstić information content (AvgIpc) is 3.32. The van der Waals surface area contributed by atoms with Gasteiger partial charge in [0, 0.05) is 38.8 Å². The zero-order valence-corrected chi connectivity index (χ0v) is 13.3. The van der Waals surface area contributed by atoms with Crippen LogP contribution in [0.3, 0.4) is 0 Å². The molecule has 1 saturated carbocycles. The fraction of sp³-hybridized carbons (Fsp3) is 0.600. The Balaban J connectivity index is 1.77. The highest BCUT2D eigenvalue weighted by Gasteiger charge is 2.34. The molecule has 6 heteroatoms. The van der Waals surface area contributed by atoms with Crippen molar-refractivity contribution in [3.63, 3.8) is 0 Å². The predicted molar refractivity (Wildman–Crippen MR) is 82.4 cm³/mol. The first-order valence-electron chi connectivity index (χ1n) is 7.56. The van der Waals surface area contributed by atoms with Crippen molar-refractivity contribution in [2.45, 2.75) is 37.2 Å². The SMILES string of the molecule is Cc1ccc(S(=O)(=O)N2CCN(C3CC3)CC2)cc1CN. The zero-order valence-electron chi connectivity index (χ0n) is 12.5. The number of nitrogens with zero attached hydrogens (tertiary/aromatic N) is 2. The molecular weight excluding hydrogens is 286 g/mol. The lowest BCUT2D eigenvalue weighted by molar-refractivity contribution is 0.180. The van der Waals surface area contributed by atoms with Crippen molar-refractivity contribution >= 4 is 10.0 Å². The molecule has 2 N–H and O–H groups in total. The smallest absolute Gasteiger partial charge is 0.243 e. The lowest BCUT2D eigenvalue weighted by Gasteiger charge is -2.34. The van der Waals surface area contributed by atoms with Crippen LogP contribution < -0.4 is 5.73 Å². The number of benzene rings is 1. The monoisotopic (exact) mass is 309 g/mol. The number of aryl methyl sites for hydroxylation is 1. The third-order valence-corrected chi connectivity index (χ3v) is 6.41. The van der Waals surface area contributed by atoms with Gasteiger partial charge in [-0.15, -0.1) is 0 Å². The molecule has 1 aliphatic heterocycles. The van der Waals surface area contributed by atoms with E-state index in [4.69, 9.17) is 5.73 Å². The molecule has 3 rings (SSSR count). The summed E-state index contributed by atoms with van der Waals surface area (Å²) in [7, 11) is -3.39. The summed E-state index contributed by atoms with van der Waals surface area (Å²) in [5, 5.41) is 0. The van der Waals surface area contributed by atoms with Gasteiger partial charge < -0.3 is 5.73 Å². The summed E-state index contributed by atoms with van der Waals surface area (Å²) in [5.41, 5.74) is 7.62. The van der Waals surface area contributed by atoms with Gasteiger partial charge in [-0.1, -0.05) is 6.07 Å². The van der Waals surface area contributed by atoms with Gasteiger partial charge in [0.05, 0.1) is 4.90 Å². The third-order valence-electron chi connectivity index (χ3n) is 4.51. The van der Waals surface area contributed by atoms with Crippen LogP contribution in [-0.2, 0) is 16.6 Å². The summed E-state index contributed by atoms with van der Waals surface area (Å²) in [6.45, 7) is 5.19. The van der Waals surface area contributed by atoms with Crippen LogP contribution in [0.4, 0.5) is 0 Å². The molecule has 116 valence electrons. The number of nitrogens with two attached hydrogens (primary N) is 1. The Morgan fingerprint density at radius 3 is 2.43 bits per heavy atom. The molecule has 1 saturated heterocycles. The summed E-state index contributed by atoms with van der Waals surface area (Å²) in [4.78, 5) is 2.78. The number of hydrogen-bond acceptors (Lipinski definition) is 4. The first-order valence-corrected chi connectivity index (χ1v) is 9.00. The maximum atomic E-state index is 12.7. The summed E-state index contributed by atoms with van der Waals surface area (Å²) in [6.07, 6.45) is 2.54. The van der Waals surface area contributed by atoms with Crippen LogP contribution in [0, 0.1) is 6.92 Å². The summed E-state index contributed by atoms with van der Waals surface area (Å²) in [6, 6.07) is 5.96. The fourth-order valence-corrected chi connectivity index (χ4v) is 4.40. The molecule has 21 heavy (non-hydrogen) atoms. The molecule has 2 aliphatic rings. The Bertz CT molecular complexity index is 618. The second-order valence-corrected chi connectivity index (χ2v) is 7.90. The van der Waals surface area contributed by atoms with E-state index in [9.17, 15) is 8.42 Å². The number of hydrogen-bond donors (Lipinski definition) is 1. The van der Waals surface area contributed by atoms with Crippen LogP contribution in [0.1, 0.15) is 24.0 Å². The maximum Gasteiger partial charge on any atom is 0.243 e. The molecule has 1 heterocycles. The average molecular weight is 309 g/mol. The minimum absolute atomic E-state index is 0.366. The van der Waals surface area contributed by atoms with E-state index in [0.29, 0.717) is 30.6 Å². The van der Waals surface area contributed by atoms with E-state index in [-0.39, 0.29) is 0 Å². The molecule has 0 unspecified atom stereocenters. The molecule has 0 aromatic heterocycles. The van der Waals surface area contributed by atoms with E-state index >= 15 is 0 Å². The topological polar surface area (TPSA) is 66.6 Å². The van der Waals surface area contributed by atoms with Crippen LogP contribution in [0.2, 0.25) is 0 Å². The second-order valence-electron chi connectivity index (χ2n) is 5.96. The van der Waals surface area contributed by atoms with E-state index in [0.717, 1.165) is 24.2 Å². The highest BCUT2D eigenvalue weighted by molar-refractivity contribution is 7.89. The predicted octanol–water partition coefficient (Wildman–Crippen LogP) is 0.922. The summed E-state index contributed by atoms with van der Waals surface area (Å²) >= 11 is 0. The minimum Gasteiger partial charge on any atom is -0.326 e. The minimum atomic E-state index is -3.39. The highest BCUT2D eigenvalue weighted by Crippen LogP contribution is 2.28. The third kappa shape index (κ3) is 2.99. The Hall–Kier alpha value is -0.950. The first kappa shape index (κ1) is 15.0. The van der Waals surface area contributed by atoms with Crippen LogP contribution in [0.25, 0.3) is 0 Å². The van der Waals surface area contributed by atoms with Crippen molar-refractivity contribution in [2.75, 3.05) is 26.2 Å². The normalized spacial score (nSPS) is 21.6. The molecule has 2 fully saturated rings. The molecule has 5 nitrogen and oxygen atoms in total. The van der Waals surface area contributed by atoms with Gasteiger partial charge in [0.15, 0.2) is 0 Å². The van der Waals surface area contributed by atoms with Gasteiger partial charge in [-0.25, -0.2) is 8.42 Å². The molecule has 0 radical (unpaired) electrons. The van der Waals surface area contributed by atoms with Crippen molar-refractivity contribution in [3.05, 3.63) is 29.3 Å². The number of rotatable bonds is 4. The van der Waals surface area contributed by atoms with Crippen molar-refractivity contribution in [3.8, 4) is 0 Å². The van der Waals surface area contributed by atoms with E-state index in [1.165, 1.54) is 12.8 Å². The van der Waals surface area contributed by atoms with E-state index in [1.54, 1.807) is 16.4 Å². The first-order chi connectivity index (χ1) is 10.0. The van der Waals surface area contributed by atoms with Gasteiger partial charge in [-0.05, 0) is 43.0 Å². The van der Waals surface area contributed by atoms with Crippen LogP contribution in [0.5, 0.6) is 0 Å². The molecule has 1 aliphatic carbocycles. The van der Waals surface area contributed by atoms with Crippen LogP contribution in [-0.4, -0.2) is 49.8 Å². The molecule has 0 spiro atoms. The van der Waals surface area contributed by atoms with Gasteiger partial charge in [0.25, 0.3) is 0 Å². The van der Waals surface area contributed by atoms with Gasteiger partial charge in [0.1, 0.15) is 0 Å².